The topological polar surface area (TPSA) is 115 Å². The number of thioether (sulfide) groups is 1. The van der Waals surface area contributed by atoms with Crippen molar-refractivity contribution in [3.63, 3.8) is 0 Å². The van der Waals surface area contributed by atoms with E-state index in [0.717, 1.165) is 23.7 Å². The van der Waals surface area contributed by atoms with Crippen molar-refractivity contribution >= 4 is 52.1 Å². The van der Waals surface area contributed by atoms with Crippen LogP contribution in [0.2, 0.25) is 0 Å². The molecule has 188 valence electrons. The van der Waals surface area contributed by atoms with E-state index in [-0.39, 0.29) is 30.0 Å². The van der Waals surface area contributed by atoms with E-state index in [2.05, 4.69) is 5.32 Å². The predicted molar refractivity (Wildman–Crippen MR) is 146 cm³/mol. The number of hydrogen-bond acceptors (Lipinski definition) is 7. The van der Waals surface area contributed by atoms with Crippen LogP contribution in [0.5, 0.6) is 0 Å². The number of aromatic nitrogens is 1. The second-order valence-corrected chi connectivity index (χ2v) is 10.00. The van der Waals surface area contributed by atoms with Gasteiger partial charge >= 0.3 is 5.97 Å². The highest BCUT2D eigenvalue weighted by Gasteiger charge is 2.32. The maximum Gasteiger partial charge on any atom is 0.303 e. The fourth-order valence-electron chi connectivity index (χ4n) is 3.97. The summed E-state index contributed by atoms with van der Waals surface area (Å²) in [7, 11) is 0. The van der Waals surface area contributed by atoms with Gasteiger partial charge < -0.3 is 10.4 Å². The summed E-state index contributed by atoms with van der Waals surface area (Å²) < 4.78 is 1.92. The number of rotatable bonds is 11. The molecule has 0 unspecified atom stereocenters. The molecule has 0 saturated carbocycles. The Morgan fingerprint density at radius 2 is 1.97 bits per heavy atom. The molecule has 3 rings (SSSR count). The smallest absolute Gasteiger partial charge is 0.303 e. The highest BCUT2D eigenvalue weighted by molar-refractivity contribution is 8.26. The summed E-state index contributed by atoms with van der Waals surface area (Å²) in [6.07, 6.45) is 3.33. The van der Waals surface area contributed by atoms with Gasteiger partial charge in [0.25, 0.3) is 11.5 Å². The van der Waals surface area contributed by atoms with E-state index in [1.165, 1.54) is 4.90 Å². The van der Waals surface area contributed by atoms with Crippen molar-refractivity contribution in [2.75, 3.05) is 18.4 Å². The number of pyridine rings is 1. The molecule has 0 atom stereocenters. The number of amides is 1. The predicted octanol–water partition coefficient (Wildman–Crippen LogP) is 4.16. The molecule has 1 saturated heterocycles. The number of carboxylic acids is 1. The molecular weight excluding hydrogens is 496 g/mol. The Kier molecular flexibility index (Phi) is 9.44. The van der Waals surface area contributed by atoms with Gasteiger partial charge in [-0.1, -0.05) is 61.2 Å². The summed E-state index contributed by atoms with van der Waals surface area (Å²) in [4.78, 5) is 38.8. The first-order chi connectivity index (χ1) is 17.3. The summed E-state index contributed by atoms with van der Waals surface area (Å²) in [5, 5.41) is 22.0. The molecule has 36 heavy (non-hydrogen) atoms. The Balaban J connectivity index is 2.00. The zero-order valence-electron chi connectivity index (χ0n) is 20.2. The van der Waals surface area contributed by atoms with E-state index in [0.29, 0.717) is 52.1 Å². The van der Waals surface area contributed by atoms with Gasteiger partial charge in [0.1, 0.15) is 21.8 Å². The molecule has 1 fully saturated rings. The first kappa shape index (κ1) is 27.2. The van der Waals surface area contributed by atoms with Crippen LogP contribution in [-0.4, -0.2) is 43.9 Å². The van der Waals surface area contributed by atoms with Crippen LogP contribution in [0, 0.1) is 18.3 Å². The van der Waals surface area contributed by atoms with E-state index in [1.807, 2.05) is 43.3 Å². The Bertz CT molecular complexity index is 1300. The number of carbonyl (C=O) groups is 2. The Morgan fingerprint density at radius 1 is 1.25 bits per heavy atom. The number of benzene rings is 1. The largest absolute Gasteiger partial charge is 0.481 e. The number of nitrogens with one attached hydrogen (secondary N) is 1. The molecule has 1 aliphatic rings. The molecule has 2 N–H and O–H groups in total. The van der Waals surface area contributed by atoms with Crippen molar-refractivity contribution in [1.29, 1.82) is 5.26 Å². The van der Waals surface area contributed by atoms with Gasteiger partial charge in [0, 0.05) is 31.6 Å². The molecule has 1 aromatic heterocycles. The number of anilines is 1. The van der Waals surface area contributed by atoms with Crippen molar-refractivity contribution in [3.8, 4) is 6.07 Å². The van der Waals surface area contributed by atoms with Crippen LogP contribution in [0.1, 0.15) is 48.4 Å². The van der Waals surface area contributed by atoms with Crippen molar-refractivity contribution < 1.29 is 14.7 Å². The maximum atomic E-state index is 13.1. The molecule has 2 heterocycles. The lowest BCUT2D eigenvalue weighted by molar-refractivity contribution is -0.137. The Labute approximate surface area is 219 Å². The normalized spacial score (nSPS) is 14.4. The molecule has 10 heteroatoms. The lowest BCUT2D eigenvalue weighted by Gasteiger charge is -2.20. The molecular formula is C26H28N4O4S2. The van der Waals surface area contributed by atoms with Gasteiger partial charge in [-0.3, -0.25) is 23.9 Å². The molecule has 1 aromatic carbocycles. The molecule has 0 aliphatic carbocycles. The van der Waals surface area contributed by atoms with Gasteiger partial charge in [0.2, 0.25) is 0 Å². The summed E-state index contributed by atoms with van der Waals surface area (Å²) in [5.74, 6) is -0.678. The molecule has 1 aliphatic heterocycles. The van der Waals surface area contributed by atoms with Gasteiger partial charge in [-0.25, -0.2) is 0 Å². The average molecular weight is 525 g/mol. The summed E-state index contributed by atoms with van der Waals surface area (Å²) >= 11 is 6.51. The van der Waals surface area contributed by atoms with Crippen molar-refractivity contribution in [3.05, 3.63) is 67.8 Å². The first-order valence-electron chi connectivity index (χ1n) is 11.7. The zero-order valence-corrected chi connectivity index (χ0v) is 21.9. The van der Waals surface area contributed by atoms with Crippen molar-refractivity contribution in [1.82, 2.24) is 9.47 Å². The van der Waals surface area contributed by atoms with E-state index < -0.39 is 5.97 Å². The van der Waals surface area contributed by atoms with Crippen LogP contribution < -0.4 is 10.9 Å². The Hall–Kier alpha value is -3.42. The minimum Gasteiger partial charge on any atom is -0.481 e. The monoisotopic (exact) mass is 524 g/mol. The SMILES string of the molecule is CCCn1c(NCCc2ccccc2)c(/C=C2/SC(=S)N(CCCC(=O)O)C2=O)c(C)c(C#N)c1=O. The first-order valence-corrected chi connectivity index (χ1v) is 12.9. The van der Waals surface area contributed by atoms with Crippen molar-refractivity contribution in [2.45, 2.75) is 46.1 Å². The lowest BCUT2D eigenvalue weighted by Crippen LogP contribution is -2.30. The van der Waals surface area contributed by atoms with E-state index in [9.17, 15) is 19.6 Å². The molecule has 1 amide bonds. The van der Waals surface area contributed by atoms with Crippen LogP contribution in [0.4, 0.5) is 5.82 Å². The van der Waals surface area contributed by atoms with E-state index in [1.54, 1.807) is 17.6 Å². The second-order valence-electron chi connectivity index (χ2n) is 8.32. The number of carboxylic acid groups (broad SMARTS) is 1. The van der Waals surface area contributed by atoms with Gasteiger partial charge in [-0.2, -0.15) is 5.26 Å². The third-order valence-corrected chi connectivity index (χ3v) is 7.17. The van der Waals surface area contributed by atoms with Gasteiger partial charge in [-0.05, 0) is 43.4 Å². The van der Waals surface area contributed by atoms with Crippen LogP contribution in [-0.2, 0) is 22.6 Å². The molecule has 2 aromatic rings. The standard InChI is InChI=1S/C26H28N4O4S2/c1-3-13-29-23(28-12-11-18-8-5-4-6-9-18)19(17(2)20(16-27)24(29)33)15-21-25(34)30(26(35)36-21)14-7-10-22(31)32/h4-6,8-9,15,28H,3,7,10-14H2,1-2H3,(H,31,32)/b21-15+. The highest BCUT2D eigenvalue weighted by atomic mass is 32.2. The van der Waals surface area contributed by atoms with Crippen LogP contribution in [0.3, 0.4) is 0 Å². The number of hydrogen-bond donors (Lipinski definition) is 2. The molecule has 0 spiro atoms. The third-order valence-electron chi connectivity index (χ3n) is 5.79. The number of nitriles is 1. The highest BCUT2D eigenvalue weighted by Crippen LogP contribution is 2.35. The van der Waals surface area contributed by atoms with Crippen LogP contribution in [0.15, 0.2) is 40.0 Å². The van der Waals surface area contributed by atoms with Crippen LogP contribution in [0.25, 0.3) is 6.08 Å². The number of carbonyl (C=O) groups excluding carboxylic acids is 1. The fourth-order valence-corrected chi connectivity index (χ4v) is 5.26. The van der Waals surface area contributed by atoms with Crippen LogP contribution >= 0.6 is 24.0 Å². The molecule has 0 bridgehead atoms. The molecule has 0 radical (unpaired) electrons. The minimum atomic E-state index is -0.931. The minimum absolute atomic E-state index is 0.0419. The number of thiocarbonyl (C=S) groups is 1. The second kappa shape index (κ2) is 12.5. The fraction of sp³-hybridized carbons (Fsp3) is 0.346. The van der Waals surface area contributed by atoms with E-state index in [4.69, 9.17) is 17.3 Å². The van der Waals surface area contributed by atoms with Gasteiger partial charge in [0.15, 0.2) is 0 Å². The number of nitrogens with zero attached hydrogens (tertiary/aromatic N) is 3. The third kappa shape index (κ3) is 6.22. The Morgan fingerprint density at radius 3 is 2.61 bits per heavy atom. The quantitative estimate of drug-likeness (QED) is 0.333. The summed E-state index contributed by atoms with van der Waals surface area (Å²) in [6, 6.07) is 12.0. The summed E-state index contributed by atoms with van der Waals surface area (Å²) in [5.41, 5.74) is 1.91. The zero-order chi connectivity index (χ0) is 26.2. The van der Waals surface area contributed by atoms with Crippen molar-refractivity contribution in [2.24, 2.45) is 0 Å². The van der Waals surface area contributed by atoms with E-state index >= 15 is 0 Å². The summed E-state index contributed by atoms with van der Waals surface area (Å²) in [6.45, 7) is 4.84. The van der Waals surface area contributed by atoms with Gasteiger partial charge in [0.05, 0.1) is 4.91 Å². The van der Waals surface area contributed by atoms with Gasteiger partial charge in [-0.15, -0.1) is 0 Å². The lowest BCUT2D eigenvalue weighted by atomic mass is 10.0. The molecule has 8 nitrogen and oxygen atoms in total. The number of aliphatic carboxylic acids is 1. The average Bonchev–Trinajstić information content (AvgIpc) is 3.11. The maximum absolute atomic E-state index is 13.1.